The number of halogens is 6. The van der Waals surface area contributed by atoms with E-state index in [-0.39, 0.29) is 12.1 Å². The Balaban J connectivity index is 1.70. The number of aromatic nitrogens is 2. The first-order valence-corrected chi connectivity index (χ1v) is 9.28. The lowest BCUT2D eigenvalue weighted by Crippen LogP contribution is -2.22. The van der Waals surface area contributed by atoms with Crippen molar-refractivity contribution in [3.63, 3.8) is 0 Å². The van der Waals surface area contributed by atoms with Gasteiger partial charge in [-0.2, -0.15) is 31.3 Å². The molecule has 1 fully saturated rings. The molecular formula is C19H19F6N3O2. The second-order valence-corrected chi connectivity index (χ2v) is 6.84. The summed E-state index contributed by atoms with van der Waals surface area (Å²) in [5, 5.41) is 2.64. The average Bonchev–Trinajstić information content (AvgIpc) is 2.67. The first kappa shape index (κ1) is 22.0. The Kier molecular flexibility index (Phi) is 6.57. The normalized spacial score (nSPS) is 15.7. The molecule has 1 N–H and O–H groups in total. The van der Waals surface area contributed by atoms with E-state index in [0.29, 0.717) is 17.6 Å². The molecule has 0 saturated heterocycles. The van der Waals surface area contributed by atoms with E-state index in [4.69, 9.17) is 4.74 Å². The third-order valence-electron chi connectivity index (χ3n) is 4.40. The van der Waals surface area contributed by atoms with Crippen LogP contribution in [0, 0.1) is 0 Å². The van der Waals surface area contributed by atoms with Crippen molar-refractivity contribution < 1.29 is 35.8 Å². The molecule has 2 aromatic rings. The number of anilines is 2. The molecule has 0 bridgehead atoms. The molecule has 11 heteroatoms. The van der Waals surface area contributed by atoms with Gasteiger partial charge in [0.2, 0.25) is 11.8 Å². The third-order valence-corrected chi connectivity index (χ3v) is 4.40. The highest BCUT2D eigenvalue weighted by Gasteiger charge is 2.38. The SMILES string of the molecule is FC(F)(F)COc1nc(Nc2ccc(OC3CCCCC3)cc2)ncc1C(F)(F)F. The van der Waals surface area contributed by atoms with Crippen molar-refractivity contribution in [2.45, 2.75) is 50.6 Å². The van der Waals surface area contributed by atoms with Crippen molar-refractivity contribution in [1.29, 1.82) is 0 Å². The smallest absolute Gasteiger partial charge is 0.423 e. The average molecular weight is 435 g/mol. The van der Waals surface area contributed by atoms with Gasteiger partial charge in [-0.1, -0.05) is 6.42 Å². The fraction of sp³-hybridized carbons (Fsp3) is 0.474. The van der Waals surface area contributed by atoms with Crippen molar-refractivity contribution in [2.24, 2.45) is 0 Å². The van der Waals surface area contributed by atoms with E-state index in [9.17, 15) is 26.3 Å². The monoisotopic (exact) mass is 435 g/mol. The lowest BCUT2D eigenvalue weighted by molar-refractivity contribution is -0.159. The Morgan fingerprint density at radius 1 is 0.967 bits per heavy atom. The summed E-state index contributed by atoms with van der Waals surface area (Å²) in [5.41, 5.74) is -1.07. The van der Waals surface area contributed by atoms with Gasteiger partial charge in [0.25, 0.3) is 0 Å². The van der Waals surface area contributed by atoms with Crippen LogP contribution >= 0.6 is 0 Å². The molecule has 0 unspecified atom stereocenters. The molecule has 164 valence electrons. The Bertz CT molecular complexity index is 834. The Morgan fingerprint density at radius 3 is 2.23 bits per heavy atom. The summed E-state index contributed by atoms with van der Waals surface area (Å²) in [5.74, 6) is -0.884. The minimum absolute atomic E-state index is 0.157. The number of nitrogens with one attached hydrogen (secondary N) is 1. The van der Waals surface area contributed by atoms with E-state index in [1.165, 1.54) is 6.42 Å². The molecule has 30 heavy (non-hydrogen) atoms. The number of hydrogen-bond acceptors (Lipinski definition) is 5. The van der Waals surface area contributed by atoms with E-state index in [1.54, 1.807) is 24.3 Å². The van der Waals surface area contributed by atoms with Gasteiger partial charge in [-0.05, 0) is 49.9 Å². The first-order chi connectivity index (χ1) is 14.1. The Hall–Kier alpha value is -2.72. The minimum atomic E-state index is -4.96. The van der Waals surface area contributed by atoms with Crippen molar-refractivity contribution in [3.05, 3.63) is 36.0 Å². The van der Waals surface area contributed by atoms with Gasteiger partial charge in [0.1, 0.15) is 11.3 Å². The summed E-state index contributed by atoms with van der Waals surface area (Å²) in [6, 6.07) is 6.58. The van der Waals surface area contributed by atoms with Crippen molar-refractivity contribution in [1.82, 2.24) is 9.97 Å². The van der Waals surface area contributed by atoms with Gasteiger partial charge in [0.05, 0.1) is 6.10 Å². The lowest BCUT2D eigenvalue weighted by atomic mass is 9.98. The molecule has 1 aromatic heterocycles. The third kappa shape index (κ3) is 6.39. The number of ether oxygens (including phenoxy) is 2. The highest BCUT2D eigenvalue weighted by atomic mass is 19.4. The predicted octanol–water partition coefficient (Wildman–Crippen LogP) is 5.89. The van der Waals surface area contributed by atoms with Crippen LogP contribution in [0.3, 0.4) is 0 Å². The first-order valence-electron chi connectivity index (χ1n) is 9.28. The van der Waals surface area contributed by atoms with Crippen LogP contribution in [0.4, 0.5) is 38.0 Å². The molecule has 0 radical (unpaired) electrons. The predicted molar refractivity (Wildman–Crippen MR) is 95.8 cm³/mol. The van der Waals surface area contributed by atoms with E-state index in [2.05, 4.69) is 20.0 Å². The fourth-order valence-electron chi connectivity index (χ4n) is 3.00. The van der Waals surface area contributed by atoms with Gasteiger partial charge in [-0.3, -0.25) is 0 Å². The largest absolute Gasteiger partial charge is 0.490 e. The number of rotatable bonds is 6. The molecule has 1 saturated carbocycles. The van der Waals surface area contributed by atoms with Crippen LogP contribution in [0.15, 0.2) is 30.5 Å². The zero-order valence-corrected chi connectivity index (χ0v) is 15.7. The number of hydrogen-bond donors (Lipinski definition) is 1. The second kappa shape index (κ2) is 8.97. The van der Waals surface area contributed by atoms with Gasteiger partial charge in [0.15, 0.2) is 6.61 Å². The van der Waals surface area contributed by atoms with Gasteiger partial charge in [-0.25, -0.2) is 4.98 Å². The van der Waals surface area contributed by atoms with Crippen LogP contribution in [0.2, 0.25) is 0 Å². The summed E-state index contributed by atoms with van der Waals surface area (Å²) in [6.45, 7) is -1.90. The standard InChI is InChI=1S/C19H19F6N3O2/c20-18(21,22)11-29-16-15(19(23,24)25)10-26-17(28-16)27-12-6-8-14(9-7-12)30-13-4-2-1-3-5-13/h6-10,13H,1-5,11H2,(H,26,27,28). The maximum absolute atomic E-state index is 13.0. The summed E-state index contributed by atoms with van der Waals surface area (Å²) >= 11 is 0. The molecule has 0 spiro atoms. The van der Waals surface area contributed by atoms with Crippen LogP contribution in [-0.2, 0) is 6.18 Å². The summed E-state index contributed by atoms with van der Waals surface area (Å²) < 4.78 is 86.1. The van der Waals surface area contributed by atoms with Gasteiger partial charge in [-0.15, -0.1) is 0 Å². The lowest BCUT2D eigenvalue weighted by Gasteiger charge is -2.23. The quantitative estimate of drug-likeness (QED) is 0.574. The zero-order chi connectivity index (χ0) is 21.8. The molecule has 1 aliphatic rings. The topological polar surface area (TPSA) is 56.3 Å². The van der Waals surface area contributed by atoms with Crippen molar-refractivity contribution in [3.8, 4) is 11.6 Å². The molecule has 1 heterocycles. The summed E-state index contributed by atoms with van der Waals surface area (Å²) in [4.78, 5) is 6.98. The Morgan fingerprint density at radius 2 is 1.63 bits per heavy atom. The minimum Gasteiger partial charge on any atom is -0.490 e. The summed E-state index contributed by atoms with van der Waals surface area (Å²) in [6.07, 6.45) is -3.83. The molecule has 0 atom stereocenters. The van der Waals surface area contributed by atoms with E-state index in [0.717, 1.165) is 25.7 Å². The highest BCUT2D eigenvalue weighted by Crippen LogP contribution is 2.36. The number of nitrogens with zero attached hydrogens (tertiary/aromatic N) is 2. The molecule has 0 aliphatic heterocycles. The fourth-order valence-corrected chi connectivity index (χ4v) is 3.00. The van der Waals surface area contributed by atoms with Crippen molar-refractivity contribution >= 4 is 11.6 Å². The van der Waals surface area contributed by atoms with Gasteiger partial charge >= 0.3 is 12.4 Å². The van der Waals surface area contributed by atoms with Crippen LogP contribution in [0.1, 0.15) is 37.7 Å². The van der Waals surface area contributed by atoms with Crippen LogP contribution in [-0.4, -0.2) is 28.9 Å². The van der Waals surface area contributed by atoms with E-state index in [1.807, 2.05) is 0 Å². The molecule has 5 nitrogen and oxygen atoms in total. The van der Waals surface area contributed by atoms with Crippen LogP contribution in [0.5, 0.6) is 11.6 Å². The maximum Gasteiger partial charge on any atom is 0.423 e. The second-order valence-electron chi connectivity index (χ2n) is 6.84. The van der Waals surface area contributed by atoms with E-state index >= 15 is 0 Å². The molecule has 1 aromatic carbocycles. The van der Waals surface area contributed by atoms with Crippen LogP contribution in [0.25, 0.3) is 0 Å². The molecule has 0 amide bonds. The van der Waals surface area contributed by atoms with E-state index < -0.39 is 30.4 Å². The molecule has 1 aliphatic carbocycles. The maximum atomic E-state index is 13.0. The zero-order valence-electron chi connectivity index (χ0n) is 15.7. The summed E-state index contributed by atoms with van der Waals surface area (Å²) in [7, 11) is 0. The highest BCUT2D eigenvalue weighted by molar-refractivity contribution is 5.55. The Labute approximate surface area is 168 Å². The number of alkyl halides is 6. The van der Waals surface area contributed by atoms with Gasteiger partial charge < -0.3 is 14.8 Å². The van der Waals surface area contributed by atoms with Crippen LogP contribution < -0.4 is 14.8 Å². The molecular weight excluding hydrogens is 416 g/mol. The van der Waals surface area contributed by atoms with Crippen molar-refractivity contribution in [2.75, 3.05) is 11.9 Å². The number of benzene rings is 1. The molecule has 3 rings (SSSR count). The van der Waals surface area contributed by atoms with Gasteiger partial charge in [0, 0.05) is 11.9 Å².